The van der Waals surface area contributed by atoms with Crippen LogP contribution in [0.5, 0.6) is 0 Å². The molecule has 0 spiro atoms. The Labute approximate surface area is 150 Å². The SMILES string of the molecule is NC(Cc1cccc(C(=O)CCl)c1)CN1C(=O)c2ccccc2C1=O. The van der Waals surface area contributed by atoms with Crippen LogP contribution in [0.4, 0.5) is 0 Å². The lowest BCUT2D eigenvalue weighted by molar-refractivity contribution is 0.0644. The number of amides is 2. The number of rotatable bonds is 6. The largest absolute Gasteiger partial charge is 0.326 e. The Bertz CT molecular complexity index is 815. The molecule has 2 amide bonds. The van der Waals surface area contributed by atoms with Gasteiger partial charge in [0.25, 0.3) is 11.8 Å². The van der Waals surface area contributed by atoms with Crippen LogP contribution < -0.4 is 5.73 Å². The van der Waals surface area contributed by atoms with Crippen LogP contribution in [0.15, 0.2) is 48.5 Å². The van der Waals surface area contributed by atoms with Gasteiger partial charge in [0.15, 0.2) is 5.78 Å². The van der Waals surface area contributed by atoms with Gasteiger partial charge in [-0.05, 0) is 30.2 Å². The third-order valence-electron chi connectivity index (χ3n) is 4.16. The zero-order valence-electron chi connectivity index (χ0n) is 13.4. The lowest BCUT2D eigenvalue weighted by atomic mass is 10.0. The van der Waals surface area contributed by atoms with E-state index < -0.39 is 6.04 Å². The van der Waals surface area contributed by atoms with Gasteiger partial charge in [-0.3, -0.25) is 19.3 Å². The molecule has 128 valence electrons. The number of nitrogens with zero attached hydrogens (tertiary/aromatic N) is 1. The molecular formula is C19H17ClN2O3. The summed E-state index contributed by atoms with van der Waals surface area (Å²) < 4.78 is 0. The Morgan fingerprint density at radius 3 is 2.28 bits per heavy atom. The first-order valence-corrected chi connectivity index (χ1v) is 8.43. The van der Waals surface area contributed by atoms with E-state index in [2.05, 4.69) is 0 Å². The average molecular weight is 357 g/mol. The first kappa shape index (κ1) is 17.3. The Morgan fingerprint density at radius 1 is 1.04 bits per heavy atom. The molecule has 1 atom stereocenters. The van der Waals surface area contributed by atoms with Gasteiger partial charge < -0.3 is 5.73 Å². The topological polar surface area (TPSA) is 80.5 Å². The highest BCUT2D eigenvalue weighted by Gasteiger charge is 2.35. The van der Waals surface area contributed by atoms with E-state index in [-0.39, 0.29) is 30.0 Å². The second-order valence-electron chi connectivity index (χ2n) is 5.99. The summed E-state index contributed by atoms with van der Waals surface area (Å²) in [4.78, 5) is 37.6. The number of imide groups is 1. The first-order valence-electron chi connectivity index (χ1n) is 7.90. The number of hydrogen-bond donors (Lipinski definition) is 1. The van der Waals surface area contributed by atoms with Crippen LogP contribution in [0, 0.1) is 0 Å². The van der Waals surface area contributed by atoms with Gasteiger partial charge in [-0.1, -0.05) is 30.3 Å². The van der Waals surface area contributed by atoms with Gasteiger partial charge in [-0.15, -0.1) is 11.6 Å². The van der Waals surface area contributed by atoms with Gasteiger partial charge >= 0.3 is 0 Å². The molecular weight excluding hydrogens is 340 g/mol. The molecule has 0 saturated heterocycles. The fourth-order valence-corrected chi connectivity index (χ4v) is 3.11. The molecule has 5 nitrogen and oxygen atoms in total. The smallest absolute Gasteiger partial charge is 0.261 e. The molecule has 0 aromatic heterocycles. The summed E-state index contributed by atoms with van der Waals surface area (Å²) in [5, 5.41) is 0. The Hall–Kier alpha value is -2.50. The van der Waals surface area contributed by atoms with Crippen molar-refractivity contribution >= 4 is 29.2 Å². The molecule has 0 aliphatic carbocycles. The van der Waals surface area contributed by atoms with Crippen molar-refractivity contribution in [2.45, 2.75) is 12.5 Å². The van der Waals surface area contributed by atoms with Crippen molar-refractivity contribution < 1.29 is 14.4 Å². The van der Waals surface area contributed by atoms with Crippen molar-refractivity contribution in [2.75, 3.05) is 12.4 Å². The fourth-order valence-electron chi connectivity index (χ4n) is 2.96. The van der Waals surface area contributed by atoms with Gasteiger partial charge in [-0.25, -0.2) is 0 Å². The van der Waals surface area contributed by atoms with Crippen LogP contribution >= 0.6 is 11.6 Å². The monoisotopic (exact) mass is 356 g/mol. The fraction of sp³-hybridized carbons (Fsp3) is 0.211. The number of hydrogen-bond acceptors (Lipinski definition) is 4. The van der Waals surface area contributed by atoms with Crippen molar-refractivity contribution in [3.8, 4) is 0 Å². The lowest BCUT2D eigenvalue weighted by Gasteiger charge is -2.19. The van der Waals surface area contributed by atoms with Crippen molar-refractivity contribution in [3.63, 3.8) is 0 Å². The van der Waals surface area contributed by atoms with Crippen LogP contribution in [-0.4, -0.2) is 41.0 Å². The van der Waals surface area contributed by atoms with Crippen molar-refractivity contribution in [3.05, 3.63) is 70.8 Å². The number of fused-ring (bicyclic) bond motifs is 1. The van der Waals surface area contributed by atoms with Crippen LogP contribution in [0.1, 0.15) is 36.6 Å². The molecule has 1 aliphatic rings. The number of carbonyl (C=O) groups excluding carboxylic acids is 3. The lowest BCUT2D eigenvalue weighted by Crippen LogP contribution is -2.41. The number of nitrogens with two attached hydrogens (primary N) is 1. The minimum Gasteiger partial charge on any atom is -0.326 e. The second kappa shape index (κ2) is 7.17. The van der Waals surface area contributed by atoms with Crippen molar-refractivity contribution in [1.29, 1.82) is 0 Å². The summed E-state index contributed by atoms with van der Waals surface area (Å²) in [5.41, 5.74) is 8.36. The van der Waals surface area contributed by atoms with E-state index in [1.165, 1.54) is 4.90 Å². The summed E-state index contributed by atoms with van der Waals surface area (Å²) in [6.07, 6.45) is 0.441. The van der Waals surface area contributed by atoms with E-state index >= 15 is 0 Å². The molecule has 3 rings (SSSR count). The predicted octanol–water partition coefficient (Wildman–Crippen LogP) is 2.27. The third kappa shape index (κ3) is 3.48. The van der Waals surface area contributed by atoms with E-state index in [0.717, 1.165) is 5.56 Å². The zero-order valence-corrected chi connectivity index (χ0v) is 14.2. The number of carbonyl (C=O) groups is 3. The number of halogens is 1. The van der Waals surface area contributed by atoms with Crippen LogP contribution in [0.25, 0.3) is 0 Å². The van der Waals surface area contributed by atoms with Crippen molar-refractivity contribution in [1.82, 2.24) is 4.90 Å². The molecule has 2 aromatic rings. The highest BCUT2D eigenvalue weighted by Crippen LogP contribution is 2.22. The zero-order chi connectivity index (χ0) is 18.0. The molecule has 1 unspecified atom stereocenters. The van der Waals surface area contributed by atoms with E-state index in [9.17, 15) is 14.4 Å². The Balaban J connectivity index is 1.70. The van der Waals surface area contributed by atoms with Crippen LogP contribution in [0.2, 0.25) is 0 Å². The summed E-state index contributed by atoms with van der Waals surface area (Å²) in [6.45, 7) is 0.125. The molecule has 25 heavy (non-hydrogen) atoms. The highest BCUT2D eigenvalue weighted by molar-refractivity contribution is 6.30. The molecule has 1 aliphatic heterocycles. The molecule has 0 radical (unpaired) electrons. The Morgan fingerprint density at radius 2 is 1.68 bits per heavy atom. The van der Waals surface area contributed by atoms with Gasteiger partial charge in [0.2, 0.25) is 0 Å². The molecule has 2 N–H and O–H groups in total. The number of alkyl halides is 1. The first-order chi connectivity index (χ1) is 12.0. The maximum absolute atomic E-state index is 12.4. The van der Waals surface area contributed by atoms with E-state index in [0.29, 0.717) is 23.1 Å². The van der Waals surface area contributed by atoms with E-state index in [1.807, 2.05) is 6.07 Å². The molecule has 2 aromatic carbocycles. The summed E-state index contributed by atoms with van der Waals surface area (Å²) in [5.74, 6) is -0.869. The molecule has 1 heterocycles. The average Bonchev–Trinajstić information content (AvgIpc) is 2.86. The maximum Gasteiger partial charge on any atom is 0.261 e. The van der Waals surface area contributed by atoms with Gasteiger partial charge in [-0.2, -0.15) is 0 Å². The molecule has 6 heteroatoms. The standard InChI is InChI=1S/C19H17ClN2O3/c20-10-17(23)13-5-3-4-12(8-13)9-14(21)11-22-18(24)15-6-1-2-7-16(15)19(22)25/h1-8,14H,9-11,21H2. The number of ketones is 1. The minimum atomic E-state index is -0.427. The predicted molar refractivity (Wildman–Crippen MR) is 95.0 cm³/mol. The quantitative estimate of drug-likeness (QED) is 0.489. The molecule has 0 fully saturated rings. The summed E-state index contributed by atoms with van der Waals surface area (Å²) in [7, 11) is 0. The molecule has 0 saturated carbocycles. The van der Waals surface area contributed by atoms with E-state index in [4.69, 9.17) is 17.3 Å². The second-order valence-corrected chi connectivity index (χ2v) is 6.26. The van der Waals surface area contributed by atoms with Gasteiger partial charge in [0, 0.05) is 18.2 Å². The van der Waals surface area contributed by atoms with Gasteiger partial charge in [0.1, 0.15) is 0 Å². The van der Waals surface area contributed by atoms with Gasteiger partial charge in [0.05, 0.1) is 17.0 Å². The normalized spacial score (nSPS) is 14.6. The maximum atomic E-state index is 12.4. The van der Waals surface area contributed by atoms with Crippen LogP contribution in [-0.2, 0) is 6.42 Å². The highest BCUT2D eigenvalue weighted by atomic mass is 35.5. The molecule has 0 bridgehead atoms. The summed E-state index contributed by atoms with van der Waals surface area (Å²) in [6, 6.07) is 13.4. The third-order valence-corrected chi connectivity index (χ3v) is 4.41. The Kier molecular flexibility index (Phi) is 4.97. The summed E-state index contributed by atoms with van der Waals surface area (Å²) >= 11 is 5.58. The van der Waals surface area contributed by atoms with Crippen LogP contribution in [0.3, 0.4) is 0 Å². The van der Waals surface area contributed by atoms with Crippen molar-refractivity contribution in [2.24, 2.45) is 5.73 Å². The number of benzene rings is 2. The minimum absolute atomic E-state index is 0.0788. The number of Topliss-reactive ketones (excluding diaryl/α,β-unsaturated/α-hetero) is 1. The van der Waals surface area contributed by atoms with E-state index in [1.54, 1.807) is 42.5 Å².